The van der Waals surface area contributed by atoms with Gasteiger partial charge in [-0.3, -0.25) is 4.79 Å². The SMILES string of the molecule is O=C(CCCCCCCOc1cc(F)c(C(F)(F)Oc2cc(F)c(F)c(F)c2)c(F)c1)CCCCCCCOc1cc(F)c(C(F)(F)Oc2cc(F)c(F)c(F)c2)c(F)c1. The molecule has 0 N–H and O–H groups in total. The van der Waals surface area contributed by atoms with Crippen LogP contribution in [0.2, 0.25) is 0 Å². The summed E-state index contributed by atoms with van der Waals surface area (Å²) >= 11 is 0. The zero-order chi connectivity index (χ0) is 44.2. The molecule has 60 heavy (non-hydrogen) atoms. The number of unbranched alkanes of at least 4 members (excludes halogenated alkanes) is 8. The molecule has 0 radical (unpaired) electrons. The van der Waals surface area contributed by atoms with Crippen LogP contribution < -0.4 is 18.9 Å². The molecule has 4 rings (SSSR count). The number of rotatable bonds is 24. The molecule has 0 aliphatic heterocycles. The number of hydrogen-bond donors (Lipinski definition) is 0. The second kappa shape index (κ2) is 21.3. The minimum absolute atomic E-state index is 0.0113. The number of alkyl halides is 4. The number of Topliss-reactive ketones (excluding diaryl/α,β-unsaturated/α-hetero) is 1. The van der Waals surface area contributed by atoms with Gasteiger partial charge in [0.15, 0.2) is 34.9 Å². The van der Waals surface area contributed by atoms with Gasteiger partial charge >= 0.3 is 12.2 Å². The van der Waals surface area contributed by atoms with E-state index in [9.17, 15) is 66.3 Å². The lowest BCUT2D eigenvalue weighted by atomic mass is 10.0. The second-order valence-corrected chi connectivity index (χ2v) is 13.4. The molecule has 328 valence electrons. The van der Waals surface area contributed by atoms with Gasteiger partial charge in [-0.25, -0.2) is 43.9 Å². The molecule has 0 unspecified atom stereocenters. The Labute approximate surface area is 334 Å². The largest absolute Gasteiger partial charge is 0.493 e. The van der Waals surface area contributed by atoms with E-state index in [1.807, 2.05) is 0 Å². The van der Waals surface area contributed by atoms with Crippen LogP contribution in [0.1, 0.15) is 88.2 Å². The number of ketones is 1. The lowest BCUT2D eigenvalue weighted by Crippen LogP contribution is -2.25. The molecule has 0 amide bonds. The lowest BCUT2D eigenvalue weighted by molar-refractivity contribution is -0.190. The van der Waals surface area contributed by atoms with Crippen LogP contribution in [0.25, 0.3) is 0 Å². The Hall–Kier alpha value is -5.23. The molecule has 19 heteroatoms. The molecule has 5 nitrogen and oxygen atoms in total. The summed E-state index contributed by atoms with van der Waals surface area (Å²) in [4.78, 5) is 12.2. The fourth-order valence-electron chi connectivity index (χ4n) is 5.82. The highest BCUT2D eigenvalue weighted by Crippen LogP contribution is 2.39. The quantitative estimate of drug-likeness (QED) is 0.0399. The van der Waals surface area contributed by atoms with E-state index in [2.05, 4.69) is 9.47 Å². The summed E-state index contributed by atoms with van der Waals surface area (Å²) < 4.78 is 214. The Morgan fingerprint density at radius 3 is 0.967 bits per heavy atom. The van der Waals surface area contributed by atoms with E-state index in [0.717, 1.165) is 0 Å². The van der Waals surface area contributed by atoms with Crippen molar-refractivity contribution in [3.8, 4) is 23.0 Å². The average molecular weight is 875 g/mol. The van der Waals surface area contributed by atoms with Crippen molar-refractivity contribution in [1.29, 1.82) is 0 Å². The maximum Gasteiger partial charge on any atom is 0.432 e. The molecular weight excluding hydrogens is 838 g/mol. The van der Waals surface area contributed by atoms with Crippen molar-refractivity contribution in [2.75, 3.05) is 13.2 Å². The van der Waals surface area contributed by atoms with Gasteiger partial charge in [0.2, 0.25) is 0 Å². The Morgan fingerprint density at radius 2 is 0.650 bits per heavy atom. The highest BCUT2D eigenvalue weighted by molar-refractivity contribution is 5.78. The first-order valence-corrected chi connectivity index (χ1v) is 18.5. The summed E-state index contributed by atoms with van der Waals surface area (Å²) in [6.07, 6.45) is -2.49. The smallest absolute Gasteiger partial charge is 0.432 e. The van der Waals surface area contributed by atoms with Crippen LogP contribution in [0.5, 0.6) is 23.0 Å². The molecule has 0 saturated heterocycles. The summed E-state index contributed by atoms with van der Waals surface area (Å²) in [5, 5.41) is 0. The van der Waals surface area contributed by atoms with Gasteiger partial charge in [0.25, 0.3) is 0 Å². The van der Waals surface area contributed by atoms with Gasteiger partial charge < -0.3 is 18.9 Å². The topological polar surface area (TPSA) is 54.0 Å². The first kappa shape index (κ1) is 47.4. The Morgan fingerprint density at radius 1 is 0.383 bits per heavy atom. The first-order valence-electron chi connectivity index (χ1n) is 18.5. The normalized spacial score (nSPS) is 11.8. The Balaban J connectivity index is 1.04. The van der Waals surface area contributed by atoms with Crippen molar-refractivity contribution in [3.63, 3.8) is 0 Å². The van der Waals surface area contributed by atoms with E-state index < -0.39 is 105 Å². The van der Waals surface area contributed by atoms with E-state index in [0.29, 0.717) is 101 Å². The number of carbonyl (C=O) groups excluding carboxylic acids is 1. The van der Waals surface area contributed by atoms with Gasteiger partial charge in [0.05, 0.1) is 13.2 Å². The van der Waals surface area contributed by atoms with Gasteiger partial charge in [0.1, 0.15) is 63.2 Å². The molecule has 0 spiro atoms. The summed E-state index contributed by atoms with van der Waals surface area (Å²) in [6, 6.07) is 2.32. The van der Waals surface area contributed by atoms with Crippen LogP contribution in [0.3, 0.4) is 0 Å². The van der Waals surface area contributed by atoms with Crippen molar-refractivity contribution in [1.82, 2.24) is 0 Å². The summed E-state index contributed by atoms with van der Waals surface area (Å²) in [7, 11) is 0. The predicted octanol–water partition coefficient (Wildman–Crippen LogP) is 13.0. The Kier molecular flexibility index (Phi) is 16.9. The van der Waals surface area contributed by atoms with Gasteiger partial charge in [0, 0.05) is 61.4 Å². The molecule has 0 aliphatic rings. The first-order chi connectivity index (χ1) is 28.3. The highest BCUT2D eigenvalue weighted by atomic mass is 19.3. The van der Waals surface area contributed by atoms with Crippen LogP contribution in [0.4, 0.5) is 61.5 Å². The molecule has 0 bridgehead atoms. The molecule has 0 aromatic heterocycles. The molecule has 0 fully saturated rings. The highest BCUT2D eigenvalue weighted by Gasteiger charge is 2.43. The molecule has 0 saturated carbocycles. The van der Waals surface area contributed by atoms with Crippen molar-refractivity contribution in [2.45, 2.75) is 89.3 Å². The zero-order valence-corrected chi connectivity index (χ0v) is 31.4. The fraction of sp³-hybridized carbons (Fsp3) is 0.390. The molecule has 4 aromatic carbocycles. The summed E-state index contributed by atoms with van der Waals surface area (Å²) in [5.74, 6) is -21.5. The van der Waals surface area contributed by atoms with E-state index in [1.54, 1.807) is 0 Å². The predicted molar refractivity (Wildman–Crippen MR) is 186 cm³/mol. The molecule has 0 aliphatic carbocycles. The third-order valence-electron chi connectivity index (χ3n) is 8.76. The Bertz CT molecular complexity index is 1860. The van der Waals surface area contributed by atoms with Crippen LogP contribution in [-0.2, 0) is 17.0 Å². The number of hydrogen-bond acceptors (Lipinski definition) is 5. The van der Waals surface area contributed by atoms with Gasteiger partial charge in [-0.15, -0.1) is 0 Å². The summed E-state index contributed by atoms with van der Waals surface area (Å²) in [5.41, 5.74) is -3.70. The average Bonchev–Trinajstić information content (AvgIpc) is 3.13. The zero-order valence-electron chi connectivity index (χ0n) is 31.4. The minimum atomic E-state index is -4.72. The van der Waals surface area contributed by atoms with Gasteiger partial charge in [-0.05, 0) is 25.7 Å². The number of ether oxygens (including phenoxy) is 4. The maximum absolute atomic E-state index is 14.5. The van der Waals surface area contributed by atoms with Crippen LogP contribution >= 0.6 is 0 Å². The standard InChI is InChI=1S/C41H36F14O5/c42-28-15-24(16-29(43)36(28)40(52,53)59-26-19-32(46)38(50)33(47)20-26)57-13-9-5-1-3-7-11-23(56)12-8-4-2-6-10-14-58-25-17-30(44)37(31(45)18-25)41(54,55)60-27-21-34(48)39(51)35(49)22-27/h15-22H,1-14H2. The fourth-order valence-corrected chi connectivity index (χ4v) is 5.82. The van der Waals surface area contributed by atoms with Crippen LogP contribution in [0.15, 0.2) is 48.5 Å². The molecule has 0 atom stereocenters. The van der Waals surface area contributed by atoms with Gasteiger partial charge in [-0.2, -0.15) is 17.6 Å². The second-order valence-electron chi connectivity index (χ2n) is 13.4. The van der Waals surface area contributed by atoms with Crippen molar-refractivity contribution < 1.29 is 85.2 Å². The van der Waals surface area contributed by atoms with Crippen LogP contribution in [0, 0.1) is 58.2 Å². The van der Waals surface area contributed by atoms with E-state index in [1.165, 1.54) is 0 Å². The number of carbonyl (C=O) groups is 1. The van der Waals surface area contributed by atoms with E-state index >= 15 is 0 Å². The van der Waals surface area contributed by atoms with Crippen molar-refractivity contribution in [2.24, 2.45) is 0 Å². The molecule has 4 aromatic rings. The van der Waals surface area contributed by atoms with Crippen LogP contribution in [-0.4, -0.2) is 19.0 Å². The van der Waals surface area contributed by atoms with Gasteiger partial charge in [-0.1, -0.05) is 38.5 Å². The maximum atomic E-state index is 14.5. The molecule has 0 heterocycles. The monoisotopic (exact) mass is 874 g/mol. The third-order valence-corrected chi connectivity index (χ3v) is 8.76. The lowest BCUT2D eigenvalue weighted by Gasteiger charge is -2.20. The number of benzene rings is 4. The molecular formula is C41H36F14O5. The van der Waals surface area contributed by atoms with Crippen molar-refractivity contribution in [3.05, 3.63) is 118 Å². The van der Waals surface area contributed by atoms with E-state index in [4.69, 9.17) is 9.47 Å². The number of halogens is 14. The van der Waals surface area contributed by atoms with Crippen molar-refractivity contribution >= 4 is 5.78 Å². The minimum Gasteiger partial charge on any atom is -0.493 e. The third kappa shape index (κ3) is 13.4. The van der Waals surface area contributed by atoms with E-state index in [-0.39, 0.29) is 43.3 Å². The summed E-state index contributed by atoms with van der Waals surface area (Å²) in [6.45, 7) is -0.0226.